The van der Waals surface area contributed by atoms with E-state index in [0.717, 1.165) is 0 Å². The molecule has 1 aromatic rings. The molecule has 0 spiro atoms. The predicted molar refractivity (Wildman–Crippen MR) is 73.8 cm³/mol. The van der Waals surface area contributed by atoms with E-state index in [-0.39, 0.29) is 5.91 Å². The molecule has 0 radical (unpaired) electrons. The van der Waals surface area contributed by atoms with Crippen molar-refractivity contribution in [2.75, 3.05) is 12.4 Å². The number of anilines is 1. The van der Waals surface area contributed by atoms with Crippen LogP contribution in [0.3, 0.4) is 0 Å². The fraction of sp³-hybridized carbons (Fsp3) is 0.429. The number of nitrogens with zero attached hydrogens (tertiary/aromatic N) is 1. The van der Waals surface area contributed by atoms with Crippen LogP contribution in [0.2, 0.25) is 0 Å². The molecule has 0 saturated heterocycles. The molecule has 5 nitrogen and oxygen atoms in total. The Morgan fingerprint density at radius 3 is 2.74 bits per heavy atom. The highest BCUT2D eigenvalue weighted by Crippen LogP contribution is 2.28. The van der Waals surface area contributed by atoms with E-state index in [9.17, 15) is 4.79 Å². The van der Waals surface area contributed by atoms with Crippen molar-refractivity contribution >= 4 is 11.6 Å². The molecule has 0 fully saturated rings. The van der Waals surface area contributed by atoms with Gasteiger partial charge in [0.1, 0.15) is 17.5 Å². The summed E-state index contributed by atoms with van der Waals surface area (Å²) in [5.41, 5.74) is 6.22. The molecule has 1 amide bonds. The number of benzene rings is 1. The Morgan fingerprint density at radius 2 is 2.21 bits per heavy atom. The van der Waals surface area contributed by atoms with Crippen LogP contribution in [0.5, 0.6) is 5.75 Å². The number of para-hydroxylation sites is 1. The fourth-order valence-electron chi connectivity index (χ4n) is 1.56. The first kappa shape index (κ1) is 15.0. The van der Waals surface area contributed by atoms with Crippen molar-refractivity contribution in [1.82, 2.24) is 0 Å². The highest BCUT2D eigenvalue weighted by Gasteiger charge is 2.16. The first-order valence-corrected chi connectivity index (χ1v) is 6.03. The smallest absolute Gasteiger partial charge is 0.224 e. The average Bonchev–Trinajstić information content (AvgIpc) is 2.35. The van der Waals surface area contributed by atoms with Gasteiger partial charge in [-0.15, -0.1) is 0 Å². The molecular weight excluding hydrogens is 242 g/mol. The lowest BCUT2D eigenvalue weighted by Gasteiger charge is -2.18. The lowest BCUT2D eigenvalue weighted by molar-refractivity contribution is -0.116. The molecule has 0 aliphatic rings. The third-order valence-corrected chi connectivity index (χ3v) is 2.63. The molecule has 5 heteroatoms. The number of rotatable bonds is 5. The second-order valence-electron chi connectivity index (χ2n) is 5.03. The van der Waals surface area contributed by atoms with Gasteiger partial charge in [0.2, 0.25) is 5.91 Å². The first-order chi connectivity index (χ1) is 8.87. The quantitative estimate of drug-likeness (QED) is 0.848. The van der Waals surface area contributed by atoms with E-state index in [0.29, 0.717) is 29.8 Å². The second-order valence-corrected chi connectivity index (χ2v) is 5.03. The molecule has 102 valence electrons. The van der Waals surface area contributed by atoms with Crippen molar-refractivity contribution in [3.63, 3.8) is 0 Å². The van der Waals surface area contributed by atoms with Crippen molar-refractivity contribution in [3.8, 4) is 11.8 Å². The summed E-state index contributed by atoms with van der Waals surface area (Å²) in [6, 6.07) is 7.06. The molecule has 0 saturated carbocycles. The summed E-state index contributed by atoms with van der Waals surface area (Å²) < 4.78 is 5.14. The zero-order valence-corrected chi connectivity index (χ0v) is 11.5. The molecule has 19 heavy (non-hydrogen) atoms. The minimum absolute atomic E-state index is 0.181. The molecule has 0 bridgehead atoms. The molecule has 3 N–H and O–H groups in total. The lowest BCUT2D eigenvalue weighted by atomic mass is 10.00. The third-order valence-electron chi connectivity index (χ3n) is 2.63. The summed E-state index contributed by atoms with van der Waals surface area (Å²) >= 11 is 0. The van der Waals surface area contributed by atoms with E-state index in [2.05, 4.69) is 5.32 Å². The van der Waals surface area contributed by atoms with Gasteiger partial charge >= 0.3 is 0 Å². The maximum Gasteiger partial charge on any atom is 0.224 e. The van der Waals surface area contributed by atoms with Gasteiger partial charge in [0.15, 0.2) is 0 Å². The first-order valence-electron chi connectivity index (χ1n) is 6.03. The molecule has 0 atom stereocenters. The fourth-order valence-corrected chi connectivity index (χ4v) is 1.56. The summed E-state index contributed by atoms with van der Waals surface area (Å²) in [7, 11) is 1.50. The van der Waals surface area contributed by atoms with Gasteiger partial charge in [-0.2, -0.15) is 5.26 Å². The van der Waals surface area contributed by atoms with E-state index in [1.807, 2.05) is 19.9 Å². The van der Waals surface area contributed by atoms with Crippen molar-refractivity contribution in [1.29, 1.82) is 5.26 Å². The van der Waals surface area contributed by atoms with E-state index in [1.54, 1.807) is 18.2 Å². The van der Waals surface area contributed by atoms with Gasteiger partial charge in [0, 0.05) is 12.0 Å². The van der Waals surface area contributed by atoms with Gasteiger partial charge in [0.25, 0.3) is 0 Å². The van der Waals surface area contributed by atoms with E-state index < -0.39 is 5.54 Å². The normalized spacial score (nSPS) is 10.7. The lowest BCUT2D eigenvalue weighted by Crippen LogP contribution is -2.33. The zero-order chi connectivity index (χ0) is 14.5. The number of ether oxygens (including phenoxy) is 1. The number of nitrogens with two attached hydrogens (primary N) is 1. The molecule has 0 aliphatic carbocycles. The van der Waals surface area contributed by atoms with E-state index in [4.69, 9.17) is 15.7 Å². The monoisotopic (exact) mass is 261 g/mol. The maximum absolute atomic E-state index is 11.9. The number of carbonyl (C=O) groups is 1. The standard InChI is InChI=1S/C14H19N3O2/c1-14(2,16)8-7-12(18)17-13-10(9-15)5-4-6-11(13)19-3/h4-6H,7-8,16H2,1-3H3,(H,17,18). The Labute approximate surface area is 113 Å². The van der Waals surface area contributed by atoms with E-state index >= 15 is 0 Å². The number of amides is 1. The highest BCUT2D eigenvalue weighted by atomic mass is 16.5. The van der Waals surface area contributed by atoms with Crippen LogP contribution in [0, 0.1) is 11.3 Å². The Balaban J connectivity index is 2.82. The van der Waals surface area contributed by atoms with Crippen LogP contribution in [0.25, 0.3) is 0 Å². The van der Waals surface area contributed by atoms with Gasteiger partial charge in [-0.05, 0) is 32.4 Å². The van der Waals surface area contributed by atoms with Crippen LogP contribution in [0.1, 0.15) is 32.3 Å². The van der Waals surface area contributed by atoms with Crippen LogP contribution in [0.4, 0.5) is 5.69 Å². The van der Waals surface area contributed by atoms with Crippen LogP contribution in [-0.4, -0.2) is 18.6 Å². The van der Waals surface area contributed by atoms with Crippen molar-refractivity contribution in [2.24, 2.45) is 5.73 Å². The number of nitrogens with one attached hydrogen (secondary N) is 1. The molecule has 0 aromatic heterocycles. The number of methoxy groups -OCH3 is 1. The second kappa shape index (κ2) is 6.21. The maximum atomic E-state index is 11.9. The Bertz CT molecular complexity index is 498. The minimum atomic E-state index is -0.393. The summed E-state index contributed by atoms with van der Waals surface area (Å²) in [5.74, 6) is 0.291. The van der Waals surface area contributed by atoms with Crippen LogP contribution in [0.15, 0.2) is 18.2 Å². The molecule has 0 unspecified atom stereocenters. The predicted octanol–water partition coefficient (Wildman–Crippen LogP) is 2.02. The minimum Gasteiger partial charge on any atom is -0.495 e. The van der Waals surface area contributed by atoms with Crippen molar-refractivity contribution in [2.45, 2.75) is 32.2 Å². The summed E-state index contributed by atoms with van der Waals surface area (Å²) in [6.45, 7) is 3.73. The molecule has 1 rings (SSSR count). The van der Waals surface area contributed by atoms with Crippen LogP contribution in [-0.2, 0) is 4.79 Å². The van der Waals surface area contributed by atoms with Gasteiger partial charge in [-0.3, -0.25) is 4.79 Å². The van der Waals surface area contributed by atoms with Gasteiger partial charge in [-0.1, -0.05) is 6.07 Å². The van der Waals surface area contributed by atoms with Crippen LogP contribution < -0.4 is 15.8 Å². The highest BCUT2D eigenvalue weighted by molar-refractivity contribution is 5.94. The number of carbonyl (C=O) groups excluding carboxylic acids is 1. The number of hydrogen-bond donors (Lipinski definition) is 2. The average molecular weight is 261 g/mol. The Kier molecular flexibility index (Phi) is 4.90. The molecule has 0 aliphatic heterocycles. The van der Waals surface area contributed by atoms with Gasteiger partial charge in [0.05, 0.1) is 12.7 Å². The SMILES string of the molecule is COc1cccc(C#N)c1NC(=O)CCC(C)(C)N. The number of nitriles is 1. The molecule has 0 heterocycles. The van der Waals surface area contributed by atoms with E-state index in [1.165, 1.54) is 7.11 Å². The number of hydrogen-bond acceptors (Lipinski definition) is 4. The molecule has 1 aromatic carbocycles. The van der Waals surface area contributed by atoms with Crippen molar-refractivity contribution < 1.29 is 9.53 Å². The van der Waals surface area contributed by atoms with Gasteiger partial charge in [-0.25, -0.2) is 0 Å². The van der Waals surface area contributed by atoms with Crippen molar-refractivity contribution in [3.05, 3.63) is 23.8 Å². The zero-order valence-electron chi connectivity index (χ0n) is 11.5. The summed E-state index contributed by atoms with van der Waals surface area (Å²) in [5, 5.41) is 11.7. The summed E-state index contributed by atoms with van der Waals surface area (Å²) in [4.78, 5) is 11.9. The summed E-state index contributed by atoms with van der Waals surface area (Å²) in [6.07, 6.45) is 0.863. The Hall–Kier alpha value is -2.06. The third kappa shape index (κ3) is 4.60. The Morgan fingerprint density at radius 1 is 1.53 bits per heavy atom. The van der Waals surface area contributed by atoms with Crippen LogP contribution >= 0.6 is 0 Å². The molecular formula is C14H19N3O2. The topological polar surface area (TPSA) is 88.1 Å². The van der Waals surface area contributed by atoms with Gasteiger partial charge < -0.3 is 15.8 Å². The largest absolute Gasteiger partial charge is 0.495 e.